The van der Waals surface area contributed by atoms with Crippen molar-refractivity contribution in [2.45, 2.75) is 25.4 Å². The van der Waals surface area contributed by atoms with Crippen LogP contribution in [-0.4, -0.2) is 46.2 Å². The molecule has 0 unspecified atom stereocenters. The van der Waals surface area contributed by atoms with Crippen molar-refractivity contribution < 1.29 is 19.5 Å². The van der Waals surface area contributed by atoms with Crippen LogP contribution in [0.3, 0.4) is 0 Å². The summed E-state index contributed by atoms with van der Waals surface area (Å²) in [5, 5.41) is 22.7. The molecule has 6 N–H and O–H groups in total. The number of hydrogen-bond acceptors (Lipinski definition) is 5. The summed E-state index contributed by atoms with van der Waals surface area (Å²) in [7, 11) is 0. The first-order chi connectivity index (χ1) is 17.3. The van der Waals surface area contributed by atoms with Gasteiger partial charge in [-0.15, -0.1) is 0 Å². The Morgan fingerprint density at radius 1 is 1.06 bits per heavy atom. The van der Waals surface area contributed by atoms with Crippen LogP contribution in [0, 0.1) is 5.41 Å². The van der Waals surface area contributed by atoms with Crippen LogP contribution in [0.5, 0.6) is 0 Å². The summed E-state index contributed by atoms with van der Waals surface area (Å²) in [6, 6.07) is 20.5. The maximum Gasteiger partial charge on any atom is 0.305 e. The molecule has 0 aliphatic carbocycles. The number of anilines is 2. The molecule has 3 aromatic rings. The highest BCUT2D eigenvalue weighted by Crippen LogP contribution is 2.28. The summed E-state index contributed by atoms with van der Waals surface area (Å²) >= 11 is 0. The average molecular weight is 486 g/mol. The van der Waals surface area contributed by atoms with E-state index in [2.05, 4.69) is 10.6 Å². The van der Waals surface area contributed by atoms with Crippen LogP contribution in [0.2, 0.25) is 0 Å². The lowest BCUT2D eigenvalue weighted by Gasteiger charge is -2.24. The number of carboxylic acid groups (broad SMARTS) is 1. The van der Waals surface area contributed by atoms with Gasteiger partial charge in [0.15, 0.2) is 0 Å². The van der Waals surface area contributed by atoms with Crippen LogP contribution in [0.15, 0.2) is 72.8 Å². The van der Waals surface area contributed by atoms with E-state index in [4.69, 9.17) is 11.1 Å². The van der Waals surface area contributed by atoms with Crippen LogP contribution in [0.1, 0.15) is 33.5 Å². The molecule has 1 heterocycles. The molecular weight excluding hydrogens is 458 g/mol. The zero-order valence-electron chi connectivity index (χ0n) is 19.5. The summed E-state index contributed by atoms with van der Waals surface area (Å²) in [6.07, 6.45) is 0.295. The number of carboxylic acids is 1. The molecule has 184 valence electrons. The van der Waals surface area contributed by atoms with Crippen LogP contribution in [0.25, 0.3) is 0 Å². The molecule has 9 nitrogen and oxygen atoms in total. The maximum absolute atomic E-state index is 13.2. The van der Waals surface area contributed by atoms with Gasteiger partial charge in [0.2, 0.25) is 5.91 Å². The molecule has 0 saturated heterocycles. The van der Waals surface area contributed by atoms with Crippen molar-refractivity contribution in [1.29, 1.82) is 5.41 Å². The SMILES string of the molecule is N=C(N)c1ccc(C(=O)Nc2ccc3c(c2)CN(CCc2ccccc2)C(=O)[C@@H](CC(=O)O)N3)cc1. The quantitative estimate of drug-likeness (QED) is 0.245. The molecule has 1 aliphatic heterocycles. The fourth-order valence-electron chi connectivity index (χ4n) is 4.11. The lowest BCUT2D eigenvalue weighted by Crippen LogP contribution is -2.42. The molecular formula is C27H27N5O4. The predicted molar refractivity (Wildman–Crippen MR) is 137 cm³/mol. The lowest BCUT2D eigenvalue weighted by atomic mass is 10.1. The Balaban J connectivity index is 1.55. The Bertz CT molecular complexity index is 1290. The minimum Gasteiger partial charge on any atom is -0.481 e. The molecule has 0 bridgehead atoms. The number of carbonyl (C=O) groups is 3. The molecule has 9 heteroatoms. The van der Waals surface area contributed by atoms with Gasteiger partial charge in [0.05, 0.1) is 6.42 Å². The predicted octanol–water partition coefficient (Wildman–Crippen LogP) is 3.06. The Kier molecular flexibility index (Phi) is 7.29. The second kappa shape index (κ2) is 10.7. The molecule has 0 radical (unpaired) electrons. The number of carbonyl (C=O) groups excluding carboxylic acids is 2. The molecule has 1 aliphatic rings. The first-order valence-corrected chi connectivity index (χ1v) is 11.5. The van der Waals surface area contributed by atoms with E-state index in [-0.39, 0.29) is 30.6 Å². The van der Waals surface area contributed by atoms with E-state index in [0.29, 0.717) is 35.5 Å². The van der Waals surface area contributed by atoms with E-state index in [1.807, 2.05) is 30.3 Å². The highest BCUT2D eigenvalue weighted by Gasteiger charge is 2.31. The van der Waals surface area contributed by atoms with Crippen molar-refractivity contribution >= 4 is 35.0 Å². The van der Waals surface area contributed by atoms with Crippen molar-refractivity contribution in [3.63, 3.8) is 0 Å². The first kappa shape index (κ1) is 24.5. The van der Waals surface area contributed by atoms with Gasteiger partial charge in [-0.05, 0) is 47.9 Å². The number of amidine groups is 1. The molecule has 0 saturated carbocycles. The smallest absolute Gasteiger partial charge is 0.305 e. The van der Waals surface area contributed by atoms with Crippen LogP contribution < -0.4 is 16.4 Å². The second-order valence-corrected chi connectivity index (χ2v) is 8.61. The maximum atomic E-state index is 13.2. The normalized spacial score (nSPS) is 14.8. The van der Waals surface area contributed by atoms with Gasteiger partial charge in [-0.3, -0.25) is 19.8 Å². The van der Waals surface area contributed by atoms with Crippen LogP contribution in [-0.2, 0) is 22.6 Å². The molecule has 2 amide bonds. The van der Waals surface area contributed by atoms with Crippen molar-refractivity contribution in [2.24, 2.45) is 5.73 Å². The standard InChI is InChI=1S/C27H27N5O4/c28-25(29)18-6-8-19(9-7-18)26(35)30-21-10-11-22-20(14-21)16-32(13-12-17-4-2-1-3-5-17)27(36)23(31-22)15-24(33)34/h1-11,14,23,31H,12-13,15-16H2,(H3,28,29)(H,30,35)(H,33,34)/t23-/m1/s1. The molecule has 0 fully saturated rings. The van der Waals surface area contributed by atoms with Gasteiger partial charge in [0.1, 0.15) is 11.9 Å². The third kappa shape index (κ3) is 5.87. The van der Waals surface area contributed by atoms with Gasteiger partial charge in [-0.25, -0.2) is 0 Å². The van der Waals surface area contributed by atoms with Gasteiger partial charge >= 0.3 is 5.97 Å². The van der Waals surface area contributed by atoms with Gasteiger partial charge < -0.3 is 26.4 Å². The molecule has 0 aromatic heterocycles. The number of fused-ring (bicyclic) bond motifs is 1. The summed E-state index contributed by atoms with van der Waals surface area (Å²) in [5.41, 5.74) is 9.46. The minimum atomic E-state index is -1.06. The number of nitrogens with one attached hydrogen (secondary N) is 3. The topological polar surface area (TPSA) is 149 Å². The summed E-state index contributed by atoms with van der Waals surface area (Å²) in [6.45, 7) is 0.709. The fraction of sp³-hybridized carbons (Fsp3) is 0.185. The number of nitrogens with zero attached hydrogens (tertiary/aromatic N) is 1. The van der Waals surface area contributed by atoms with Crippen molar-refractivity contribution in [2.75, 3.05) is 17.2 Å². The fourth-order valence-corrected chi connectivity index (χ4v) is 4.11. The van der Waals surface area contributed by atoms with Crippen molar-refractivity contribution in [3.8, 4) is 0 Å². The van der Waals surface area contributed by atoms with E-state index in [1.165, 1.54) is 0 Å². The third-order valence-corrected chi connectivity index (χ3v) is 6.01. The largest absolute Gasteiger partial charge is 0.481 e. The summed E-state index contributed by atoms with van der Waals surface area (Å²) < 4.78 is 0. The second-order valence-electron chi connectivity index (χ2n) is 8.61. The first-order valence-electron chi connectivity index (χ1n) is 11.5. The lowest BCUT2D eigenvalue weighted by molar-refractivity contribution is -0.141. The van der Waals surface area contributed by atoms with Gasteiger partial charge in [-0.1, -0.05) is 42.5 Å². The Labute approximate surface area is 208 Å². The highest BCUT2D eigenvalue weighted by molar-refractivity contribution is 6.05. The highest BCUT2D eigenvalue weighted by atomic mass is 16.4. The zero-order valence-corrected chi connectivity index (χ0v) is 19.5. The Morgan fingerprint density at radius 2 is 1.75 bits per heavy atom. The molecule has 36 heavy (non-hydrogen) atoms. The van der Waals surface area contributed by atoms with Crippen LogP contribution in [0.4, 0.5) is 11.4 Å². The van der Waals surface area contributed by atoms with E-state index in [0.717, 1.165) is 11.1 Å². The number of rotatable bonds is 8. The van der Waals surface area contributed by atoms with Crippen molar-refractivity contribution in [3.05, 3.63) is 95.1 Å². The Hall–Kier alpha value is -4.66. The van der Waals surface area contributed by atoms with E-state index in [9.17, 15) is 19.5 Å². The van der Waals surface area contributed by atoms with Gasteiger partial charge in [-0.2, -0.15) is 0 Å². The molecule has 1 atom stereocenters. The number of benzene rings is 3. The number of nitrogens with two attached hydrogens (primary N) is 1. The average Bonchev–Trinajstić information content (AvgIpc) is 2.99. The van der Waals surface area contributed by atoms with E-state index in [1.54, 1.807) is 47.4 Å². The monoisotopic (exact) mass is 485 g/mol. The molecule has 3 aromatic carbocycles. The molecule has 0 spiro atoms. The minimum absolute atomic E-state index is 0.0761. The van der Waals surface area contributed by atoms with Gasteiger partial charge in [0, 0.05) is 35.6 Å². The number of hydrogen-bond donors (Lipinski definition) is 5. The zero-order chi connectivity index (χ0) is 25.7. The third-order valence-electron chi connectivity index (χ3n) is 6.01. The van der Waals surface area contributed by atoms with Gasteiger partial charge in [0.25, 0.3) is 5.91 Å². The van der Waals surface area contributed by atoms with Crippen molar-refractivity contribution in [1.82, 2.24) is 4.90 Å². The van der Waals surface area contributed by atoms with Crippen LogP contribution >= 0.6 is 0 Å². The van der Waals surface area contributed by atoms with E-state index < -0.39 is 12.0 Å². The number of nitrogen functional groups attached to an aromatic ring is 1. The Morgan fingerprint density at radius 3 is 2.42 bits per heavy atom. The summed E-state index contributed by atoms with van der Waals surface area (Å²) in [5.74, 6) is -1.74. The molecule has 4 rings (SSSR count). The number of aliphatic carboxylic acids is 1. The summed E-state index contributed by atoms with van der Waals surface area (Å²) in [4.78, 5) is 39.0. The number of amides is 2. The van der Waals surface area contributed by atoms with E-state index >= 15 is 0 Å².